The summed E-state index contributed by atoms with van der Waals surface area (Å²) in [6.45, 7) is 3.24. The van der Waals surface area contributed by atoms with Crippen LogP contribution in [-0.2, 0) is 19.1 Å². The van der Waals surface area contributed by atoms with Gasteiger partial charge in [-0.3, -0.25) is 9.59 Å². The van der Waals surface area contributed by atoms with E-state index in [-0.39, 0.29) is 30.0 Å². The molecule has 4 atom stereocenters. The van der Waals surface area contributed by atoms with E-state index in [9.17, 15) is 9.59 Å². The number of fused-ring (bicyclic) bond motifs is 2. The summed E-state index contributed by atoms with van der Waals surface area (Å²) in [5.74, 6) is -0.985. The summed E-state index contributed by atoms with van der Waals surface area (Å²) in [5.41, 5.74) is 0. The summed E-state index contributed by atoms with van der Waals surface area (Å²) >= 11 is 0. The van der Waals surface area contributed by atoms with Gasteiger partial charge in [-0.1, -0.05) is 0 Å². The van der Waals surface area contributed by atoms with E-state index in [1.807, 2.05) is 4.90 Å². The third kappa shape index (κ3) is 2.20. The molecule has 2 unspecified atom stereocenters. The van der Waals surface area contributed by atoms with Crippen LogP contribution in [0.25, 0.3) is 0 Å². The molecule has 0 aliphatic carbocycles. The largest absolute Gasteiger partial charge is 0.469 e. The number of hydrogen-bond donors (Lipinski definition) is 0. The monoisotopic (exact) mass is 282 g/mol. The smallest absolute Gasteiger partial charge is 0.312 e. The summed E-state index contributed by atoms with van der Waals surface area (Å²) in [7, 11) is 3.44. The van der Waals surface area contributed by atoms with Crippen LogP contribution in [-0.4, -0.2) is 74.2 Å². The Balaban J connectivity index is 1.74. The van der Waals surface area contributed by atoms with Gasteiger partial charge >= 0.3 is 5.97 Å². The Labute approximate surface area is 119 Å². The van der Waals surface area contributed by atoms with E-state index >= 15 is 0 Å². The zero-order chi connectivity index (χ0) is 14.3. The van der Waals surface area contributed by atoms with E-state index in [1.54, 1.807) is 0 Å². The molecule has 3 aliphatic heterocycles. The average Bonchev–Trinajstić information content (AvgIpc) is 3.07. The minimum Gasteiger partial charge on any atom is -0.469 e. The van der Waals surface area contributed by atoms with Gasteiger partial charge in [0.1, 0.15) is 0 Å². The van der Waals surface area contributed by atoms with Crippen molar-refractivity contribution in [3.05, 3.63) is 0 Å². The van der Waals surface area contributed by atoms with Gasteiger partial charge in [-0.25, -0.2) is 0 Å². The number of likely N-dealkylation sites (N-methyl/N-ethyl adjacent to an activating group) is 1. The van der Waals surface area contributed by atoms with Crippen molar-refractivity contribution in [2.24, 2.45) is 11.8 Å². The maximum absolute atomic E-state index is 12.7. The fourth-order valence-electron chi connectivity index (χ4n) is 3.66. The Hall–Kier alpha value is -1.14. The van der Waals surface area contributed by atoms with E-state index in [2.05, 4.69) is 11.9 Å². The Morgan fingerprint density at radius 2 is 1.65 bits per heavy atom. The van der Waals surface area contributed by atoms with E-state index in [1.165, 1.54) is 7.11 Å². The molecule has 0 aromatic heterocycles. The van der Waals surface area contributed by atoms with Crippen molar-refractivity contribution in [3.63, 3.8) is 0 Å². The fourth-order valence-corrected chi connectivity index (χ4v) is 3.66. The average molecular weight is 282 g/mol. The van der Waals surface area contributed by atoms with Crippen molar-refractivity contribution in [1.82, 2.24) is 9.80 Å². The van der Waals surface area contributed by atoms with Gasteiger partial charge in [0.2, 0.25) is 5.91 Å². The van der Waals surface area contributed by atoms with Crippen molar-refractivity contribution in [1.29, 1.82) is 0 Å². The first-order chi connectivity index (χ1) is 9.61. The van der Waals surface area contributed by atoms with Crippen molar-refractivity contribution in [3.8, 4) is 0 Å². The number of carbonyl (C=O) groups is 2. The summed E-state index contributed by atoms with van der Waals surface area (Å²) in [4.78, 5) is 28.8. The summed E-state index contributed by atoms with van der Waals surface area (Å²) in [5, 5.41) is 0. The molecule has 0 N–H and O–H groups in total. The van der Waals surface area contributed by atoms with Gasteiger partial charge < -0.3 is 19.3 Å². The molecule has 3 saturated heterocycles. The SMILES string of the molecule is COC(=O)C1C(C(=O)N2CCN(C)CC2)[C@@H]2CC[C@H]1O2. The topological polar surface area (TPSA) is 59.1 Å². The zero-order valence-corrected chi connectivity index (χ0v) is 12.1. The van der Waals surface area contributed by atoms with Crippen LogP contribution in [0, 0.1) is 11.8 Å². The highest BCUT2D eigenvalue weighted by molar-refractivity contribution is 5.87. The lowest BCUT2D eigenvalue weighted by Gasteiger charge is -2.36. The van der Waals surface area contributed by atoms with Crippen LogP contribution in [0.3, 0.4) is 0 Å². The number of piperazine rings is 1. The van der Waals surface area contributed by atoms with Crippen LogP contribution in [0.1, 0.15) is 12.8 Å². The molecular formula is C14H22N2O4. The van der Waals surface area contributed by atoms with Gasteiger partial charge in [0.15, 0.2) is 0 Å². The van der Waals surface area contributed by atoms with Gasteiger partial charge in [0, 0.05) is 26.2 Å². The second kappa shape index (κ2) is 5.33. The second-order valence-electron chi connectivity index (χ2n) is 5.99. The summed E-state index contributed by atoms with van der Waals surface area (Å²) in [6, 6.07) is 0. The molecule has 3 heterocycles. The number of ether oxygens (including phenoxy) is 2. The van der Waals surface area contributed by atoms with Crippen LogP contribution in [0.4, 0.5) is 0 Å². The molecule has 3 fully saturated rings. The van der Waals surface area contributed by atoms with Crippen LogP contribution < -0.4 is 0 Å². The molecule has 6 heteroatoms. The normalized spacial score (nSPS) is 37.2. The highest BCUT2D eigenvalue weighted by Gasteiger charge is 2.56. The number of rotatable bonds is 2. The van der Waals surface area contributed by atoms with E-state index in [0.29, 0.717) is 0 Å². The van der Waals surface area contributed by atoms with Crippen LogP contribution >= 0.6 is 0 Å². The molecule has 112 valence electrons. The highest BCUT2D eigenvalue weighted by atomic mass is 16.5. The third-order valence-corrected chi connectivity index (χ3v) is 4.85. The molecule has 0 spiro atoms. The molecule has 3 rings (SSSR count). The van der Waals surface area contributed by atoms with Gasteiger partial charge in [0.05, 0.1) is 31.2 Å². The number of carbonyl (C=O) groups excluding carboxylic acids is 2. The molecule has 0 aromatic carbocycles. The quantitative estimate of drug-likeness (QED) is 0.652. The lowest BCUT2D eigenvalue weighted by molar-refractivity contribution is -0.154. The van der Waals surface area contributed by atoms with Gasteiger partial charge in [-0.15, -0.1) is 0 Å². The maximum atomic E-state index is 12.7. The predicted molar refractivity (Wildman–Crippen MR) is 71.0 cm³/mol. The first kappa shape index (κ1) is 13.8. The lowest BCUT2D eigenvalue weighted by atomic mass is 9.78. The minimum atomic E-state index is -0.411. The minimum absolute atomic E-state index is 0.0701. The van der Waals surface area contributed by atoms with Crippen molar-refractivity contribution in [2.45, 2.75) is 25.0 Å². The second-order valence-corrected chi connectivity index (χ2v) is 5.99. The first-order valence-corrected chi connectivity index (χ1v) is 7.32. The van der Waals surface area contributed by atoms with Crippen LogP contribution in [0.5, 0.6) is 0 Å². The molecule has 0 aromatic rings. The number of amides is 1. The standard InChI is InChI=1S/C14H22N2O4/c1-15-5-7-16(8-6-15)13(17)11-9-3-4-10(20-9)12(11)14(18)19-2/h9-12H,3-8H2,1-2H3/t9-,10+,11?,12?/m0/s1. The Bertz CT molecular complexity index is 406. The molecule has 0 saturated carbocycles. The molecule has 1 amide bonds. The summed E-state index contributed by atoms with van der Waals surface area (Å²) < 4.78 is 10.7. The van der Waals surface area contributed by atoms with E-state index < -0.39 is 5.92 Å². The third-order valence-electron chi connectivity index (χ3n) is 4.85. The maximum Gasteiger partial charge on any atom is 0.312 e. The molecule has 3 aliphatic rings. The zero-order valence-electron chi connectivity index (χ0n) is 12.1. The number of methoxy groups -OCH3 is 1. The first-order valence-electron chi connectivity index (χ1n) is 7.32. The number of nitrogens with zero attached hydrogens (tertiary/aromatic N) is 2. The lowest BCUT2D eigenvalue weighted by Crippen LogP contribution is -2.52. The van der Waals surface area contributed by atoms with Gasteiger partial charge in [-0.2, -0.15) is 0 Å². The van der Waals surface area contributed by atoms with Crippen LogP contribution in [0.2, 0.25) is 0 Å². The molecule has 6 nitrogen and oxygen atoms in total. The van der Waals surface area contributed by atoms with Crippen molar-refractivity contribution >= 4 is 11.9 Å². The molecule has 0 radical (unpaired) electrons. The fraction of sp³-hybridized carbons (Fsp3) is 0.857. The van der Waals surface area contributed by atoms with Crippen molar-refractivity contribution in [2.75, 3.05) is 40.3 Å². The number of esters is 1. The van der Waals surface area contributed by atoms with E-state index in [4.69, 9.17) is 9.47 Å². The van der Waals surface area contributed by atoms with E-state index in [0.717, 1.165) is 39.0 Å². The van der Waals surface area contributed by atoms with Crippen LogP contribution in [0.15, 0.2) is 0 Å². The summed E-state index contributed by atoms with van der Waals surface area (Å²) in [6.07, 6.45) is 1.50. The molecular weight excluding hydrogens is 260 g/mol. The highest BCUT2D eigenvalue weighted by Crippen LogP contribution is 2.44. The van der Waals surface area contributed by atoms with Gasteiger partial charge in [-0.05, 0) is 19.9 Å². The Morgan fingerprint density at radius 1 is 1.05 bits per heavy atom. The molecule has 2 bridgehead atoms. The van der Waals surface area contributed by atoms with Gasteiger partial charge in [0.25, 0.3) is 0 Å². The number of hydrogen-bond acceptors (Lipinski definition) is 5. The Morgan fingerprint density at radius 3 is 2.25 bits per heavy atom. The van der Waals surface area contributed by atoms with Crippen molar-refractivity contribution < 1.29 is 19.1 Å². The molecule has 20 heavy (non-hydrogen) atoms. The Kier molecular flexibility index (Phi) is 3.69. The predicted octanol–water partition coefficient (Wildman–Crippen LogP) is -0.273.